The van der Waals surface area contributed by atoms with E-state index in [1.807, 2.05) is 27.2 Å². The van der Waals surface area contributed by atoms with Gasteiger partial charge in [-0.15, -0.1) is 0 Å². The van der Waals surface area contributed by atoms with E-state index in [2.05, 4.69) is 129 Å². The Balaban J connectivity index is 4.03. The molecule has 0 saturated heterocycles. The fourth-order valence-electron chi connectivity index (χ4n) is 8.56. The molecule has 0 aromatic heterocycles. The van der Waals surface area contributed by atoms with Crippen molar-refractivity contribution in [1.29, 1.82) is 0 Å². The van der Waals surface area contributed by atoms with Gasteiger partial charge in [0.1, 0.15) is 13.2 Å². The number of aliphatic hydroxyl groups excluding tert-OH is 1. The second kappa shape index (κ2) is 57.6. The highest BCUT2D eigenvalue weighted by atomic mass is 31.2. The van der Waals surface area contributed by atoms with Crippen LogP contribution < -0.4 is 5.32 Å². The molecule has 0 aliphatic carbocycles. The number of phosphoric ester groups is 1. The standard InChI is InChI=1S/C68H119N2O6P/c1-6-8-10-12-14-16-18-20-22-23-24-25-26-27-28-29-30-31-32-33-34-35-36-37-38-39-40-41-42-43-44-45-46-47-48-50-52-54-56-58-60-62-68(72)69-66(65-76-77(73,74)75-64-63-70(3,4)5)67(71)61-59-57-55-53-51-49-21-19-17-15-13-11-9-7-2/h8,10,14,16,20,22,24-25,27-28,30-31,33-34,36-37,39-40,59,61,66-67,71H,6-7,9,11-13,15,17-19,21,23,26,29,32,35,38,41-58,60,62-65H2,1-5H3,(H-,69,72,73,74)/p+1/b10-8-,16-14-,22-20-,25-24-,28-27-,31-30-,34-33-,37-36-,40-39-,61-59+. The van der Waals surface area contributed by atoms with Gasteiger partial charge in [-0.25, -0.2) is 4.57 Å². The molecule has 77 heavy (non-hydrogen) atoms. The van der Waals surface area contributed by atoms with Crippen LogP contribution in [0.2, 0.25) is 0 Å². The molecule has 0 radical (unpaired) electrons. The van der Waals surface area contributed by atoms with E-state index in [1.165, 1.54) is 135 Å². The number of aliphatic hydroxyl groups is 1. The lowest BCUT2D eigenvalue weighted by molar-refractivity contribution is -0.870. The summed E-state index contributed by atoms with van der Waals surface area (Å²) in [4.78, 5) is 23.3. The van der Waals surface area contributed by atoms with Gasteiger partial charge in [0, 0.05) is 6.42 Å². The number of nitrogens with one attached hydrogen (secondary N) is 1. The molecule has 0 bridgehead atoms. The summed E-state index contributed by atoms with van der Waals surface area (Å²) in [5, 5.41) is 13.9. The highest BCUT2D eigenvalue weighted by molar-refractivity contribution is 7.47. The monoisotopic (exact) mass is 1090 g/mol. The molecule has 0 rings (SSSR count). The summed E-state index contributed by atoms with van der Waals surface area (Å²) in [6, 6.07) is -0.853. The lowest BCUT2D eigenvalue weighted by Gasteiger charge is -2.25. The van der Waals surface area contributed by atoms with E-state index < -0.39 is 20.0 Å². The number of nitrogens with zero attached hydrogens (tertiary/aromatic N) is 1. The maximum Gasteiger partial charge on any atom is 0.472 e. The Morgan fingerprint density at radius 2 is 0.779 bits per heavy atom. The summed E-state index contributed by atoms with van der Waals surface area (Å²) in [6.45, 7) is 4.69. The first-order valence-electron chi connectivity index (χ1n) is 31.4. The minimum atomic E-state index is -4.35. The number of carbonyl (C=O) groups excluding carboxylic acids is 1. The van der Waals surface area contributed by atoms with Crippen molar-refractivity contribution in [1.82, 2.24) is 5.32 Å². The summed E-state index contributed by atoms with van der Waals surface area (Å²) < 4.78 is 23.7. The average molecular weight is 1090 g/mol. The van der Waals surface area contributed by atoms with Gasteiger partial charge in [0.2, 0.25) is 5.91 Å². The molecule has 8 nitrogen and oxygen atoms in total. The van der Waals surface area contributed by atoms with E-state index >= 15 is 0 Å². The summed E-state index contributed by atoms with van der Waals surface area (Å²) in [5.74, 6) is -0.182. The van der Waals surface area contributed by atoms with Gasteiger partial charge in [-0.1, -0.05) is 277 Å². The van der Waals surface area contributed by atoms with Gasteiger partial charge in [-0.3, -0.25) is 13.8 Å². The van der Waals surface area contributed by atoms with Crippen LogP contribution in [-0.4, -0.2) is 73.4 Å². The molecule has 3 N–H and O–H groups in total. The number of unbranched alkanes of at least 4 members (excludes halogenated alkanes) is 25. The predicted octanol–water partition coefficient (Wildman–Crippen LogP) is 19.7. The second-order valence-corrected chi connectivity index (χ2v) is 23.5. The number of quaternary nitrogens is 1. The molecular formula is C68H120N2O6P+. The van der Waals surface area contributed by atoms with Crippen molar-refractivity contribution in [3.63, 3.8) is 0 Å². The lowest BCUT2D eigenvalue weighted by Crippen LogP contribution is -2.45. The van der Waals surface area contributed by atoms with Crippen LogP contribution in [0.3, 0.4) is 0 Å². The maximum atomic E-state index is 13.0. The second-order valence-electron chi connectivity index (χ2n) is 22.1. The third kappa shape index (κ3) is 60.4. The number of amides is 1. The SMILES string of the molecule is CC/C=C\C/C=C\C/C=C\C/C=C\C/C=C\C/C=C\C/C=C\C/C=C\C/C=C\CCCCCCCCCCCCCCCC(=O)NC(COP(=O)(O)OCC[N+](C)(C)C)C(O)/C=C/CCCCCCCCCCCCCC. The average Bonchev–Trinajstić information content (AvgIpc) is 3.39. The molecule has 0 heterocycles. The van der Waals surface area contributed by atoms with Crippen molar-refractivity contribution in [2.24, 2.45) is 0 Å². The molecule has 9 heteroatoms. The summed E-state index contributed by atoms with van der Waals surface area (Å²) in [7, 11) is 1.56. The summed E-state index contributed by atoms with van der Waals surface area (Å²) in [6.07, 6.45) is 86.0. The smallest absolute Gasteiger partial charge is 0.387 e. The van der Waals surface area contributed by atoms with Gasteiger partial charge in [-0.2, -0.15) is 0 Å². The number of hydrogen-bond donors (Lipinski definition) is 3. The summed E-state index contributed by atoms with van der Waals surface area (Å²) >= 11 is 0. The Kier molecular flexibility index (Phi) is 55.3. The Morgan fingerprint density at radius 3 is 1.14 bits per heavy atom. The Labute approximate surface area is 475 Å². The molecule has 0 spiro atoms. The normalized spacial score (nSPS) is 14.6. The van der Waals surface area contributed by atoms with Crippen LogP contribution in [0.4, 0.5) is 0 Å². The minimum Gasteiger partial charge on any atom is -0.387 e. The first-order chi connectivity index (χ1) is 37.5. The van der Waals surface area contributed by atoms with E-state index in [4.69, 9.17) is 9.05 Å². The molecular weight excluding hydrogens is 972 g/mol. The zero-order valence-electron chi connectivity index (χ0n) is 50.4. The Hall–Kier alpha value is -3.10. The van der Waals surface area contributed by atoms with E-state index in [0.29, 0.717) is 17.4 Å². The quantitative estimate of drug-likeness (QED) is 0.0243. The van der Waals surface area contributed by atoms with Gasteiger partial charge in [0.15, 0.2) is 0 Å². The van der Waals surface area contributed by atoms with Crippen molar-refractivity contribution in [3.05, 3.63) is 122 Å². The van der Waals surface area contributed by atoms with Crippen molar-refractivity contribution in [2.45, 2.75) is 264 Å². The van der Waals surface area contributed by atoms with Crippen LogP contribution in [0.25, 0.3) is 0 Å². The van der Waals surface area contributed by atoms with Crippen LogP contribution in [0.15, 0.2) is 122 Å². The van der Waals surface area contributed by atoms with Crippen molar-refractivity contribution >= 4 is 13.7 Å². The largest absolute Gasteiger partial charge is 0.472 e. The number of allylic oxidation sites excluding steroid dienone is 19. The third-order valence-electron chi connectivity index (χ3n) is 13.4. The first kappa shape index (κ1) is 73.9. The molecule has 3 unspecified atom stereocenters. The van der Waals surface area contributed by atoms with Gasteiger partial charge >= 0.3 is 7.82 Å². The van der Waals surface area contributed by atoms with Crippen molar-refractivity contribution < 1.29 is 32.9 Å². The number of hydrogen-bond acceptors (Lipinski definition) is 5. The van der Waals surface area contributed by atoms with Crippen LogP contribution in [0.5, 0.6) is 0 Å². The highest BCUT2D eigenvalue weighted by Gasteiger charge is 2.27. The Bertz CT molecular complexity index is 1670. The molecule has 1 amide bonds. The van der Waals surface area contributed by atoms with Crippen LogP contribution in [-0.2, 0) is 18.4 Å². The van der Waals surface area contributed by atoms with Crippen molar-refractivity contribution in [2.75, 3.05) is 40.9 Å². The molecule has 0 aromatic rings. The van der Waals surface area contributed by atoms with E-state index in [-0.39, 0.29) is 19.1 Å². The molecule has 0 aliphatic heterocycles. The van der Waals surface area contributed by atoms with Crippen molar-refractivity contribution in [3.8, 4) is 0 Å². The molecule has 442 valence electrons. The summed E-state index contributed by atoms with van der Waals surface area (Å²) in [5.41, 5.74) is 0. The highest BCUT2D eigenvalue weighted by Crippen LogP contribution is 2.43. The zero-order valence-corrected chi connectivity index (χ0v) is 51.3. The zero-order chi connectivity index (χ0) is 56.3. The fraction of sp³-hybridized carbons (Fsp3) is 0.691. The molecule has 0 fully saturated rings. The number of likely N-dealkylation sites (N-methyl/N-ethyl adjacent to an activating group) is 1. The van der Waals surface area contributed by atoms with Gasteiger partial charge in [-0.05, 0) is 89.9 Å². The molecule has 0 aromatic carbocycles. The number of carbonyl (C=O) groups is 1. The minimum absolute atomic E-state index is 0.0573. The third-order valence-corrected chi connectivity index (χ3v) is 14.4. The number of rotatable bonds is 56. The van der Waals surface area contributed by atoms with Gasteiger partial charge in [0.25, 0.3) is 0 Å². The fourth-order valence-corrected chi connectivity index (χ4v) is 9.30. The van der Waals surface area contributed by atoms with E-state index in [1.54, 1.807) is 6.08 Å². The van der Waals surface area contributed by atoms with Gasteiger partial charge in [0.05, 0.1) is 39.9 Å². The predicted molar refractivity (Wildman–Crippen MR) is 336 cm³/mol. The van der Waals surface area contributed by atoms with Crippen LogP contribution in [0, 0.1) is 0 Å². The lowest BCUT2D eigenvalue weighted by atomic mass is 10.0. The molecule has 3 atom stereocenters. The maximum absolute atomic E-state index is 13.0. The first-order valence-corrected chi connectivity index (χ1v) is 32.9. The Morgan fingerprint density at radius 1 is 0.455 bits per heavy atom. The molecule has 0 aliphatic rings. The molecule has 0 saturated carbocycles. The van der Waals surface area contributed by atoms with Crippen LogP contribution >= 0.6 is 7.82 Å². The van der Waals surface area contributed by atoms with E-state index in [0.717, 1.165) is 96.3 Å². The topological polar surface area (TPSA) is 105 Å². The van der Waals surface area contributed by atoms with Crippen LogP contribution in [0.1, 0.15) is 251 Å². The van der Waals surface area contributed by atoms with E-state index in [9.17, 15) is 19.4 Å². The van der Waals surface area contributed by atoms with Gasteiger partial charge < -0.3 is 19.8 Å². The number of phosphoric acid groups is 1.